The van der Waals surface area contributed by atoms with Crippen LogP contribution in [0.2, 0.25) is 0 Å². The number of carbonyl (C=O) groups excluding carboxylic acids is 1. The Bertz CT molecular complexity index is 229. The van der Waals surface area contributed by atoms with Crippen LogP contribution in [-0.2, 0) is 9.53 Å². The number of hydrogen-bond donors (Lipinski definition) is 1. The fourth-order valence-corrected chi connectivity index (χ4v) is 3.08. The number of hydrogen-bond acceptors (Lipinski definition) is 3. The minimum atomic E-state index is 0.447. The minimum Gasteiger partial charge on any atom is -0.383 e. The van der Waals surface area contributed by atoms with Crippen LogP contribution in [-0.4, -0.2) is 50.7 Å². The average Bonchev–Trinajstić information content (AvgIpc) is 2.26. The Hall–Kier alpha value is -0.610. The fraction of sp³-hybridized carbons (Fsp3) is 0.917. The Kier molecular flexibility index (Phi) is 3.82. The summed E-state index contributed by atoms with van der Waals surface area (Å²) in [6.07, 6.45) is 5.78. The lowest BCUT2D eigenvalue weighted by Gasteiger charge is -2.52. The smallest absolute Gasteiger partial charge is 0.207 e. The zero-order valence-electron chi connectivity index (χ0n) is 10.1. The van der Waals surface area contributed by atoms with Crippen molar-refractivity contribution in [1.29, 1.82) is 0 Å². The lowest BCUT2D eigenvalue weighted by atomic mass is 9.60. The summed E-state index contributed by atoms with van der Waals surface area (Å²) >= 11 is 0. The van der Waals surface area contributed by atoms with Crippen LogP contribution in [0.25, 0.3) is 0 Å². The number of nitrogens with zero attached hydrogens (tertiary/aromatic N) is 1. The van der Waals surface area contributed by atoms with Gasteiger partial charge in [-0.3, -0.25) is 4.79 Å². The molecule has 0 aromatic carbocycles. The first kappa shape index (κ1) is 11.9. The maximum atomic E-state index is 10.3. The summed E-state index contributed by atoms with van der Waals surface area (Å²) < 4.78 is 5.10. The fourth-order valence-electron chi connectivity index (χ4n) is 3.08. The molecule has 4 heteroatoms. The average molecular weight is 226 g/mol. The normalized spacial score (nSPS) is 25.3. The number of rotatable bonds is 5. The lowest BCUT2D eigenvalue weighted by molar-refractivity contribution is -0.112. The molecule has 0 aromatic heterocycles. The number of amides is 1. The topological polar surface area (TPSA) is 41.6 Å². The number of nitrogens with one attached hydrogen (secondary N) is 1. The summed E-state index contributed by atoms with van der Waals surface area (Å²) in [6.45, 7) is 4.28. The van der Waals surface area contributed by atoms with E-state index in [9.17, 15) is 4.79 Å². The Labute approximate surface area is 97.3 Å². The molecule has 1 heterocycles. The zero-order chi connectivity index (χ0) is 11.4. The van der Waals surface area contributed by atoms with Crippen LogP contribution in [0, 0.1) is 5.41 Å². The molecule has 2 fully saturated rings. The van der Waals surface area contributed by atoms with Gasteiger partial charge < -0.3 is 15.0 Å². The molecular formula is C12H22N2O2. The molecule has 1 N–H and O–H groups in total. The molecule has 1 saturated carbocycles. The Morgan fingerprint density at radius 2 is 2.12 bits per heavy atom. The van der Waals surface area contributed by atoms with Crippen molar-refractivity contribution < 1.29 is 9.53 Å². The number of likely N-dealkylation sites (tertiary alicyclic amines) is 1. The first-order valence-electron chi connectivity index (χ1n) is 6.19. The number of carbonyl (C=O) groups is 1. The summed E-state index contributed by atoms with van der Waals surface area (Å²) in [5.74, 6) is 0. The van der Waals surface area contributed by atoms with Gasteiger partial charge in [-0.2, -0.15) is 0 Å². The highest BCUT2D eigenvalue weighted by atomic mass is 16.5. The molecule has 2 aliphatic rings. The van der Waals surface area contributed by atoms with Gasteiger partial charge in [0.1, 0.15) is 0 Å². The summed E-state index contributed by atoms with van der Waals surface area (Å²) in [5, 5.41) is 2.88. The molecular weight excluding hydrogens is 204 g/mol. The van der Waals surface area contributed by atoms with Crippen LogP contribution in [0.1, 0.15) is 25.7 Å². The van der Waals surface area contributed by atoms with E-state index in [4.69, 9.17) is 4.74 Å². The van der Waals surface area contributed by atoms with Crippen LogP contribution < -0.4 is 5.32 Å². The first-order chi connectivity index (χ1) is 7.78. The monoisotopic (exact) mass is 226 g/mol. The van der Waals surface area contributed by atoms with Crippen molar-refractivity contribution in [2.24, 2.45) is 5.41 Å². The van der Waals surface area contributed by atoms with Crippen molar-refractivity contribution in [3.63, 3.8) is 0 Å². The number of ether oxygens (including phenoxy) is 1. The predicted octanol–water partition coefficient (Wildman–Crippen LogP) is 0.623. The van der Waals surface area contributed by atoms with Crippen LogP contribution in [0.15, 0.2) is 0 Å². The van der Waals surface area contributed by atoms with E-state index >= 15 is 0 Å². The molecule has 92 valence electrons. The van der Waals surface area contributed by atoms with E-state index in [1.54, 1.807) is 7.11 Å². The molecule has 1 aliphatic carbocycles. The van der Waals surface area contributed by atoms with Gasteiger partial charge in [0.05, 0.1) is 6.61 Å². The van der Waals surface area contributed by atoms with Crippen LogP contribution >= 0.6 is 0 Å². The van der Waals surface area contributed by atoms with Crippen LogP contribution in [0.4, 0.5) is 0 Å². The molecule has 0 atom stereocenters. The van der Waals surface area contributed by atoms with Gasteiger partial charge >= 0.3 is 0 Å². The van der Waals surface area contributed by atoms with Crippen molar-refractivity contribution in [2.75, 3.05) is 33.4 Å². The van der Waals surface area contributed by atoms with Crippen molar-refractivity contribution in [3.8, 4) is 0 Å². The summed E-state index contributed by atoms with van der Waals surface area (Å²) in [5.41, 5.74) is 0.546. The van der Waals surface area contributed by atoms with E-state index in [1.165, 1.54) is 38.8 Å². The van der Waals surface area contributed by atoms with Gasteiger partial charge in [0.2, 0.25) is 6.41 Å². The van der Waals surface area contributed by atoms with Gasteiger partial charge in [-0.1, -0.05) is 0 Å². The van der Waals surface area contributed by atoms with Crippen molar-refractivity contribution in [3.05, 3.63) is 0 Å². The molecule has 0 radical (unpaired) electrons. The third-order valence-electron chi connectivity index (χ3n) is 4.19. The lowest BCUT2D eigenvalue weighted by Crippen LogP contribution is -2.53. The molecule has 1 aliphatic heterocycles. The number of methoxy groups -OCH3 is 1. The summed E-state index contributed by atoms with van der Waals surface area (Å²) in [7, 11) is 1.76. The SMILES string of the molecule is COCCN1CCC2(CC1)CC(NC=O)C2. The maximum absolute atomic E-state index is 10.3. The van der Waals surface area contributed by atoms with E-state index in [0.717, 1.165) is 19.6 Å². The van der Waals surface area contributed by atoms with Gasteiger partial charge in [0, 0.05) is 19.7 Å². The highest BCUT2D eigenvalue weighted by Crippen LogP contribution is 2.48. The molecule has 16 heavy (non-hydrogen) atoms. The van der Waals surface area contributed by atoms with Gasteiger partial charge in [-0.15, -0.1) is 0 Å². The second-order valence-electron chi connectivity index (χ2n) is 5.22. The largest absolute Gasteiger partial charge is 0.383 e. The van der Waals surface area contributed by atoms with Gasteiger partial charge in [-0.05, 0) is 44.2 Å². The molecule has 1 amide bonds. The molecule has 0 unspecified atom stereocenters. The molecule has 1 saturated heterocycles. The van der Waals surface area contributed by atoms with E-state index in [1.807, 2.05) is 0 Å². The van der Waals surface area contributed by atoms with Gasteiger partial charge in [0.25, 0.3) is 0 Å². The Morgan fingerprint density at radius 3 is 2.69 bits per heavy atom. The minimum absolute atomic E-state index is 0.447. The van der Waals surface area contributed by atoms with Crippen LogP contribution in [0.5, 0.6) is 0 Å². The first-order valence-corrected chi connectivity index (χ1v) is 6.19. The molecule has 0 bridgehead atoms. The van der Waals surface area contributed by atoms with Crippen molar-refractivity contribution >= 4 is 6.41 Å². The number of piperidine rings is 1. The standard InChI is InChI=1S/C12H22N2O2/c1-16-7-6-14-4-2-12(3-5-14)8-11(9-12)13-10-15/h10-11H,2-9H2,1H3,(H,13,15). The third-order valence-corrected chi connectivity index (χ3v) is 4.19. The van der Waals surface area contributed by atoms with E-state index < -0.39 is 0 Å². The second-order valence-corrected chi connectivity index (χ2v) is 5.22. The molecule has 0 aromatic rings. The molecule has 4 nitrogen and oxygen atoms in total. The second kappa shape index (κ2) is 5.15. The summed E-state index contributed by atoms with van der Waals surface area (Å²) in [6, 6.07) is 0.447. The highest BCUT2D eigenvalue weighted by Gasteiger charge is 2.45. The predicted molar refractivity (Wildman–Crippen MR) is 62.2 cm³/mol. The molecule has 1 spiro atoms. The van der Waals surface area contributed by atoms with E-state index in [0.29, 0.717) is 11.5 Å². The Balaban J connectivity index is 1.68. The third kappa shape index (κ3) is 2.55. The molecule has 2 rings (SSSR count). The highest BCUT2D eigenvalue weighted by molar-refractivity contribution is 5.47. The Morgan fingerprint density at radius 1 is 1.44 bits per heavy atom. The van der Waals surface area contributed by atoms with Crippen molar-refractivity contribution in [1.82, 2.24) is 10.2 Å². The van der Waals surface area contributed by atoms with Crippen LogP contribution in [0.3, 0.4) is 0 Å². The van der Waals surface area contributed by atoms with Crippen molar-refractivity contribution in [2.45, 2.75) is 31.7 Å². The zero-order valence-corrected chi connectivity index (χ0v) is 10.1. The maximum Gasteiger partial charge on any atom is 0.207 e. The summed E-state index contributed by atoms with van der Waals surface area (Å²) in [4.78, 5) is 12.8. The van der Waals surface area contributed by atoms with E-state index in [2.05, 4.69) is 10.2 Å². The quantitative estimate of drug-likeness (QED) is 0.699. The van der Waals surface area contributed by atoms with Gasteiger partial charge in [0.15, 0.2) is 0 Å². The van der Waals surface area contributed by atoms with E-state index in [-0.39, 0.29) is 0 Å². The van der Waals surface area contributed by atoms with Gasteiger partial charge in [-0.25, -0.2) is 0 Å².